The zero-order valence-electron chi connectivity index (χ0n) is 18.5. The molecule has 0 unspecified atom stereocenters. The molecular formula is C23H28F6O4. The topological polar surface area (TPSA) is 52.6 Å². The van der Waals surface area contributed by atoms with Gasteiger partial charge in [-0.25, -0.2) is 9.59 Å². The Morgan fingerprint density at radius 1 is 0.909 bits per heavy atom. The van der Waals surface area contributed by atoms with Crippen molar-refractivity contribution in [1.82, 2.24) is 0 Å². The van der Waals surface area contributed by atoms with Crippen LogP contribution in [-0.2, 0) is 19.1 Å². The molecule has 4 aliphatic rings. The molecule has 0 aromatic heterocycles. The number of alkyl halides is 6. The number of halogens is 6. The zero-order valence-corrected chi connectivity index (χ0v) is 18.5. The Labute approximate surface area is 188 Å². The standard InChI is InChI=1S/C23H28F6O4/c1-20-9-7-13(32-18(30)22(24,25)26)11-12(20)3-4-14-15-5-6-17(33-19(31)23(27,28)29)21(15,2)10-8-16(14)20/h8,12-15,17H,3-7,9-11H2,1-2H3/t12-,13-,14-,15-,17-,20-,21-/m0/s1. The molecule has 4 nitrogen and oxygen atoms in total. The lowest BCUT2D eigenvalue weighted by atomic mass is 9.49. The first-order chi connectivity index (χ1) is 15.2. The number of hydrogen-bond donors (Lipinski definition) is 0. The van der Waals surface area contributed by atoms with E-state index in [2.05, 4.69) is 13.0 Å². The monoisotopic (exact) mass is 482 g/mol. The quantitative estimate of drug-likeness (QED) is 0.280. The average Bonchev–Trinajstić information content (AvgIpc) is 3.03. The van der Waals surface area contributed by atoms with Gasteiger partial charge in [0, 0.05) is 5.41 Å². The third-order valence-electron chi connectivity index (χ3n) is 8.88. The highest BCUT2D eigenvalue weighted by atomic mass is 19.4. The molecule has 0 aromatic rings. The van der Waals surface area contributed by atoms with E-state index in [-0.39, 0.29) is 23.2 Å². The molecule has 3 saturated carbocycles. The summed E-state index contributed by atoms with van der Waals surface area (Å²) in [7, 11) is 0. The van der Waals surface area contributed by atoms with Crippen molar-refractivity contribution in [2.45, 2.75) is 89.8 Å². The van der Waals surface area contributed by atoms with E-state index >= 15 is 0 Å². The van der Waals surface area contributed by atoms with Gasteiger partial charge in [-0.15, -0.1) is 0 Å². The Bertz CT molecular complexity index is 849. The van der Waals surface area contributed by atoms with Crippen LogP contribution in [0.4, 0.5) is 26.3 Å². The Balaban J connectivity index is 1.49. The first-order valence-corrected chi connectivity index (χ1v) is 11.4. The summed E-state index contributed by atoms with van der Waals surface area (Å²) in [5, 5.41) is 0. The molecule has 0 heterocycles. The molecule has 0 aromatic carbocycles. The molecular weight excluding hydrogens is 454 g/mol. The van der Waals surface area contributed by atoms with Gasteiger partial charge in [-0.2, -0.15) is 26.3 Å². The Morgan fingerprint density at radius 3 is 2.18 bits per heavy atom. The van der Waals surface area contributed by atoms with Crippen molar-refractivity contribution in [1.29, 1.82) is 0 Å². The van der Waals surface area contributed by atoms with Gasteiger partial charge in [0.25, 0.3) is 0 Å². The van der Waals surface area contributed by atoms with Crippen LogP contribution >= 0.6 is 0 Å². The third-order valence-corrected chi connectivity index (χ3v) is 8.88. The van der Waals surface area contributed by atoms with E-state index in [0.29, 0.717) is 38.5 Å². The molecule has 0 amide bonds. The third kappa shape index (κ3) is 4.16. The smallest absolute Gasteiger partial charge is 0.456 e. The number of ether oxygens (including phenoxy) is 2. The predicted molar refractivity (Wildman–Crippen MR) is 104 cm³/mol. The van der Waals surface area contributed by atoms with Crippen LogP contribution in [0, 0.1) is 28.6 Å². The summed E-state index contributed by atoms with van der Waals surface area (Å²) >= 11 is 0. The van der Waals surface area contributed by atoms with Crippen LogP contribution in [-0.4, -0.2) is 36.5 Å². The number of rotatable bonds is 2. The molecule has 0 bridgehead atoms. The fourth-order valence-electron chi connectivity index (χ4n) is 7.16. The van der Waals surface area contributed by atoms with E-state index < -0.39 is 41.9 Å². The molecule has 0 N–H and O–H groups in total. The maximum absolute atomic E-state index is 12.8. The van der Waals surface area contributed by atoms with E-state index in [1.165, 1.54) is 5.57 Å². The Morgan fingerprint density at radius 2 is 1.55 bits per heavy atom. The molecule has 33 heavy (non-hydrogen) atoms. The molecule has 0 saturated heterocycles. The molecule has 3 fully saturated rings. The van der Waals surface area contributed by atoms with Crippen molar-refractivity contribution in [2.24, 2.45) is 28.6 Å². The van der Waals surface area contributed by atoms with Gasteiger partial charge in [0.05, 0.1) is 0 Å². The summed E-state index contributed by atoms with van der Waals surface area (Å²) in [5.74, 6) is -3.99. The van der Waals surface area contributed by atoms with Gasteiger partial charge in [-0.05, 0) is 74.5 Å². The molecule has 4 rings (SSSR count). The van der Waals surface area contributed by atoms with Gasteiger partial charge in [-0.3, -0.25) is 0 Å². The van der Waals surface area contributed by atoms with Crippen molar-refractivity contribution < 1.29 is 45.4 Å². The van der Waals surface area contributed by atoms with Crippen molar-refractivity contribution in [2.75, 3.05) is 0 Å². The van der Waals surface area contributed by atoms with E-state index in [1.54, 1.807) is 0 Å². The van der Waals surface area contributed by atoms with Crippen LogP contribution in [0.3, 0.4) is 0 Å². The van der Waals surface area contributed by atoms with Gasteiger partial charge < -0.3 is 9.47 Å². The van der Waals surface area contributed by atoms with Crippen LogP contribution in [0.25, 0.3) is 0 Å². The fourth-order valence-corrected chi connectivity index (χ4v) is 7.16. The summed E-state index contributed by atoms with van der Waals surface area (Å²) in [6.07, 6.45) is -5.15. The van der Waals surface area contributed by atoms with E-state index in [4.69, 9.17) is 9.47 Å². The number of carbonyl (C=O) groups is 2. The molecule has 0 radical (unpaired) electrons. The maximum Gasteiger partial charge on any atom is 0.490 e. The lowest BCUT2D eigenvalue weighted by molar-refractivity contribution is -0.210. The minimum Gasteiger partial charge on any atom is -0.456 e. The van der Waals surface area contributed by atoms with Crippen molar-refractivity contribution in [3.63, 3.8) is 0 Å². The van der Waals surface area contributed by atoms with E-state index in [9.17, 15) is 35.9 Å². The molecule has 186 valence electrons. The number of esters is 2. The second-order valence-electron chi connectivity index (χ2n) is 10.5. The normalized spacial score (nSPS) is 40.7. The molecule has 7 atom stereocenters. The maximum atomic E-state index is 12.8. The van der Waals surface area contributed by atoms with E-state index in [1.807, 2.05) is 6.92 Å². The van der Waals surface area contributed by atoms with Gasteiger partial charge in [0.15, 0.2) is 0 Å². The first-order valence-electron chi connectivity index (χ1n) is 11.4. The van der Waals surface area contributed by atoms with Gasteiger partial charge in [0.2, 0.25) is 0 Å². The van der Waals surface area contributed by atoms with Crippen LogP contribution in [0.1, 0.15) is 65.2 Å². The van der Waals surface area contributed by atoms with Crippen molar-refractivity contribution in [3.05, 3.63) is 11.6 Å². The molecule has 4 aliphatic carbocycles. The minimum absolute atomic E-state index is 0.0735. The number of carbonyl (C=O) groups excluding carboxylic acids is 2. The van der Waals surface area contributed by atoms with Crippen LogP contribution in [0.5, 0.6) is 0 Å². The van der Waals surface area contributed by atoms with Gasteiger partial charge in [-0.1, -0.05) is 25.5 Å². The van der Waals surface area contributed by atoms with Crippen LogP contribution < -0.4 is 0 Å². The lowest BCUT2D eigenvalue weighted by Gasteiger charge is -2.56. The summed E-state index contributed by atoms with van der Waals surface area (Å²) in [5.41, 5.74) is 0.411. The second kappa shape index (κ2) is 7.90. The fraction of sp³-hybridized carbons (Fsp3) is 0.826. The largest absolute Gasteiger partial charge is 0.490 e. The van der Waals surface area contributed by atoms with Gasteiger partial charge >= 0.3 is 24.3 Å². The highest BCUT2D eigenvalue weighted by Crippen LogP contribution is 2.64. The summed E-state index contributed by atoms with van der Waals surface area (Å²) < 4.78 is 85.7. The second-order valence-corrected chi connectivity index (χ2v) is 10.5. The van der Waals surface area contributed by atoms with Crippen LogP contribution in [0.15, 0.2) is 11.6 Å². The molecule has 0 spiro atoms. The lowest BCUT2D eigenvalue weighted by Crippen LogP contribution is -2.50. The predicted octanol–water partition coefficient (Wildman–Crippen LogP) is 5.90. The van der Waals surface area contributed by atoms with Crippen molar-refractivity contribution in [3.8, 4) is 0 Å². The minimum atomic E-state index is -5.02. The Kier molecular flexibility index (Phi) is 5.84. The zero-order chi connectivity index (χ0) is 24.4. The van der Waals surface area contributed by atoms with Crippen LogP contribution in [0.2, 0.25) is 0 Å². The highest BCUT2D eigenvalue weighted by molar-refractivity contribution is 5.76. The van der Waals surface area contributed by atoms with E-state index in [0.717, 1.165) is 12.8 Å². The molecule has 0 aliphatic heterocycles. The van der Waals surface area contributed by atoms with Crippen molar-refractivity contribution >= 4 is 11.9 Å². The first kappa shape index (κ1) is 24.4. The number of hydrogen-bond acceptors (Lipinski definition) is 4. The van der Waals surface area contributed by atoms with Gasteiger partial charge in [0.1, 0.15) is 12.2 Å². The SMILES string of the molecule is C[C@]12CC=C3[C@@H](CC[C@H]4C[C@@H](OC(=O)C(F)(F)F)CC[C@]34C)[C@@H]1CC[C@@H]2OC(=O)C(F)(F)F. The summed E-state index contributed by atoms with van der Waals surface area (Å²) in [4.78, 5) is 22.7. The summed E-state index contributed by atoms with van der Waals surface area (Å²) in [6.45, 7) is 4.00. The highest BCUT2D eigenvalue weighted by Gasteiger charge is 2.59. The number of allylic oxidation sites excluding steroid dienone is 2. The average molecular weight is 482 g/mol. The Hall–Kier alpha value is -1.74. The summed E-state index contributed by atoms with van der Waals surface area (Å²) in [6, 6.07) is 0. The number of fused-ring (bicyclic) bond motifs is 5. The molecule has 10 heteroatoms.